The summed E-state index contributed by atoms with van der Waals surface area (Å²) < 4.78 is 57.3. The molecule has 2 fully saturated rings. The van der Waals surface area contributed by atoms with Gasteiger partial charge in [0, 0.05) is 90.5 Å². The predicted octanol–water partition coefficient (Wildman–Crippen LogP) is 8.18. The van der Waals surface area contributed by atoms with Gasteiger partial charge in [-0.2, -0.15) is 19.2 Å². The molecule has 22 nitrogen and oxygen atoms in total. The molecule has 5 N–H and O–H groups in total. The Labute approximate surface area is 462 Å². The minimum Gasteiger partial charge on any atom is -0.497 e. The number of rotatable bonds is 15. The molecule has 0 unspecified atom stereocenters. The van der Waals surface area contributed by atoms with E-state index in [1.165, 1.54) is 36.9 Å². The van der Waals surface area contributed by atoms with E-state index in [1.54, 1.807) is 61.9 Å². The Morgan fingerprint density at radius 3 is 1.61 bits per heavy atom. The van der Waals surface area contributed by atoms with Gasteiger partial charge >= 0.3 is 0 Å². The number of nitrogens with one attached hydrogen (secondary N) is 1. The van der Waals surface area contributed by atoms with E-state index in [2.05, 4.69) is 49.2 Å². The molecule has 11 rings (SSSR count). The van der Waals surface area contributed by atoms with Crippen molar-refractivity contribution in [2.45, 2.75) is 129 Å². The summed E-state index contributed by atoms with van der Waals surface area (Å²) in [6.45, 7) is 14.0. The molecule has 6 aromatic heterocycles. The fraction of sp³-hybridized carbons (Fsp3) is 0.464. The molecule has 0 radical (unpaired) electrons. The van der Waals surface area contributed by atoms with Crippen LogP contribution in [0.2, 0.25) is 0 Å². The van der Waals surface area contributed by atoms with Crippen LogP contribution in [0.5, 0.6) is 23.0 Å². The van der Waals surface area contributed by atoms with Gasteiger partial charge in [0.25, 0.3) is 0 Å². The van der Waals surface area contributed by atoms with Crippen molar-refractivity contribution in [3.05, 3.63) is 96.1 Å². The number of ether oxygens (including phenoxy) is 4. The second-order valence-electron chi connectivity index (χ2n) is 21.8. The van der Waals surface area contributed by atoms with Crippen LogP contribution in [-0.2, 0) is 19.6 Å². The second-order valence-corrected chi connectivity index (χ2v) is 21.8. The molecular weight excluding hydrogens is 1030 g/mol. The Morgan fingerprint density at radius 1 is 0.637 bits per heavy atom. The number of nitrogens with two attached hydrogens (primary N) is 1. The highest BCUT2D eigenvalue weighted by molar-refractivity contribution is 5.94. The Balaban J connectivity index is 0.000000198. The van der Waals surface area contributed by atoms with Crippen LogP contribution in [-0.4, -0.2) is 134 Å². The summed E-state index contributed by atoms with van der Waals surface area (Å²) in [7, 11) is 6.06. The molecule has 4 atom stereocenters. The highest BCUT2D eigenvalue weighted by Crippen LogP contribution is 2.37. The molecule has 0 amide bonds. The van der Waals surface area contributed by atoms with Gasteiger partial charge in [-0.25, -0.2) is 28.7 Å². The summed E-state index contributed by atoms with van der Waals surface area (Å²) in [5, 5.41) is 43.3. The van der Waals surface area contributed by atoms with Crippen LogP contribution >= 0.6 is 0 Å². The van der Waals surface area contributed by atoms with Gasteiger partial charge in [0.05, 0.1) is 87.5 Å². The SMILES string of the molecule is C.COc1cc2nc(N)n3nc([C@@H]4CC[C@H](C)N(c5cnn(CC(C)(C)O)c5)C4)nc3c2cc1F.COc1ccc(CNc2nc3cc(OC)c(F)cc3c3nc([C@@H]4CC[C@H](C)N(c5cnn(CC(C)(C)O)c5)C4)nn23)c(OC)c1. The molecule has 2 saturated heterocycles. The maximum absolute atomic E-state index is 14.9. The Kier molecular flexibility index (Phi) is 16.0. The molecule has 24 heteroatoms. The van der Waals surface area contributed by atoms with Crippen molar-refractivity contribution in [1.82, 2.24) is 58.7 Å². The van der Waals surface area contributed by atoms with Gasteiger partial charge in [-0.3, -0.25) is 9.36 Å². The first-order chi connectivity index (χ1) is 37.7. The summed E-state index contributed by atoms with van der Waals surface area (Å²) in [6.07, 6.45) is 11.3. The van der Waals surface area contributed by atoms with Gasteiger partial charge in [0.1, 0.15) is 11.5 Å². The van der Waals surface area contributed by atoms with E-state index in [4.69, 9.17) is 44.7 Å². The van der Waals surface area contributed by atoms with Crippen LogP contribution in [0.3, 0.4) is 0 Å². The number of methoxy groups -OCH3 is 4. The van der Waals surface area contributed by atoms with Gasteiger partial charge in [0.2, 0.25) is 11.9 Å². The fourth-order valence-electron chi connectivity index (χ4n) is 10.5. The maximum atomic E-state index is 14.9. The van der Waals surface area contributed by atoms with E-state index in [9.17, 15) is 19.0 Å². The molecular formula is C56H72F2N16O6. The number of fused-ring (bicyclic) bond motifs is 6. The monoisotopic (exact) mass is 1100 g/mol. The smallest absolute Gasteiger partial charge is 0.226 e. The lowest BCUT2D eigenvalue weighted by molar-refractivity contribution is 0.0571. The van der Waals surface area contributed by atoms with Crippen molar-refractivity contribution >= 4 is 56.4 Å². The average Bonchev–Trinajstić information content (AvgIpc) is 4.28. The predicted molar refractivity (Wildman–Crippen MR) is 302 cm³/mol. The van der Waals surface area contributed by atoms with Gasteiger partial charge in [-0.05, 0) is 91.5 Å². The molecule has 2 aliphatic heterocycles. The van der Waals surface area contributed by atoms with Crippen molar-refractivity contribution in [3.8, 4) is 23.0 Å². The third-order valence-electron chi connectivity index (χ3n) is 14.6. The van der Waals surface area contributed by atoms with Gasteiger partial charge < -0.3 is 50.0 Å². The Morgan fingerprint density at radius 2 is 1.12 bits per heavy atom. The quantitative estimate of drug-likeness (QED) is 0.0756. The number of hydrogen-bond acceptors (Lipinski definition) is 18. The van der Waals surface area contributed by atoms with Crippen molar-refractivity contribution in [3.63, 3.8) is 0 Å². The molecule has 80 heavy (non-hydrogen) atoms. The molecule has 0 bridgehead atoms. The van der Waals surface area contributed by atoms with Crippen LogP contribution in [0.1, 0.15) is 104 Å². The lowest BCUT2D eigenvalue weighted by Crippen LogP contribution is -2.41. The molecule has 2 aliphatic rings. The van der Waals surface area contributed by atoms with Gasteiger partial charge in [-0.1, -0.05) is 7.43 Å². The third kappa shape index (κ3) is 11.8. The normalized spacial score (nSPS) is 17.9. The van der Waals surface area contributed by atoms with E-state index in [-0.39, 0.29) is 36.7 Å². The standard InChI is InChI=1S/C32H39FN8O4.C23H29FN8O2.CH4/c1-19-7-8-21(16-40(19)22-15-35-39(17-22)18-32(2,3)42)29-37-30-24-12-25(33)28(45-6)13-26(24)36-31(41(30)38-29)34-14-20-9-10-23(43-4)11-27(20)44-5;1-13-5-6-14(10-31(13)15-9-26-30(11-15)12-23(2,3)33)20-28-21-16-7-17(24)19(34-4)8-18(16)27-22(25)32(21)29-20;/h9-13,15,17,19,21,42H,7-8,14,16,18H2,1-6H3,(H,34,36);7-9,11,13-14,33H,5-6,10,12H2,1-4H3,(H2,25,27);1H4/t19-,21+;13-,14+;/m00./s1. The molecule has 0 saturated carbocycles. The molecule has 9 aromatic rings. The minimum atomic E-state index is -0.871. The van der Waals surface area contributed by atoms with Crippen LogP contribution in [0.15, 0.2) is 67.3 Å². The first-order valence-corrected chi connectivity index (χ1v) is 26.3. The van der Waals surface area contributed by atoms with E-state index in [1.807, 2.05) is 43.0 Å². The minimum absolute atomic E-state index is 0. The number of anilines is 4. The molecule has 3 aromatic carbocycles. The molecule has 0 aliphatic carbocycles. The number of piperidine rings is 2. The van der Waals surface area contributed by atoms with E-state index in [0.717, 1.165) is 42.6 Å². The maximum Gasteiger partial charge on any atom is 0.226 e. The second kappa shape index (κ2) is 22.6. The Bertz CT molecular complexity index is 3660. The number of hydrogen-bond donors (Lipinski definition) is 4. The first kappa shape index (κ1) is 56.6. The van der Waals surface area contributed by atoms with Crippen LogP contribution in [0.4, 0.5) is 32.1 Å². The number of aromatic nitrogens is 12. The zero-order valence-electron chi connectivity index (χ0n) is 46.1. The zero-order valence-corrected chi connectivity index (χ0v) is 46.1. The van der Waals surface area contributed by atoms with Gasteiger partial charge in [0.15, 0.2) is 46.1 Å². The number of nitrogen functional groups attached to an aromatic ring is 1. The number of aliphatic hydroxyl groups is 2. The lowest BCUT2D eigenvalue weighted by atomic mass is 9.92. The summed E-state index contributed by atoms with van der Waals surface area (Å²) >= 11 is 0. The van der Waals surface area contributed by atoms with Crippen molar-refractivity contribution in [1.29, 1.82) is 0 Å². The average molecular weight is 1100 g/mol. The lowest BCUT2D eigenvalue weighted by Gasteiger charge is -2.37. The van der Waals surface area contributed by atoms with Crippen molar-refractivity contribution < 1.29 is 37.9 Å². The van der Waals surface area contributed by atoms with Crippen LogP contribution in [0, 0.1) is 11.6 Å². The largest absolute Gasteiger partial charge is 0.497 e. The van der Waals surface area contributed by atoms with Crippen LogP contribution < -0.4 is 39.8 Å². The summed E-state index contributed by atoms with van der Waals surface area (Å²) in [4.78, 5) is 23.5. The van der Waals surface area contributed by atoms with Crippen molar-refractivity contribution in [2.24, 2.45) is 0 Å². The summed E-state index contributed by atoms with van der Waals surface area (Å²) in [6, 6.07) is 12.1. The fourth-order valence-corrected chi connectivity index (χ4v) is 10.5. The number of halogens is 2. The molecule has 0 spiro atoms. The first-order valence-electron chi connectivity index (χ1n) is 26.3. The third-order valence-corrected chi connectivity index (χ3v) is 14.6. The highest BCUT2D eigenvalue weighted by atomic mass is 19.1. The van der Waals surface area contributed by atoms with E-state index < -0.39 is 22.8 Å². The Hall–Kier alpha value is -8.12. The topological polar surface area (TPSA) is 244 Å². The van der Waals surface area contributed by atoms with E-state index in [0.29, 0.717) is 107 Å². The zero-order chi connectivity index (χ0) is 56.1. The highest BCUT2D eigenvalue weighted by Gasteiger charge is 2.33. The van der Waals surface area contributed by atoms with Gasteiger partial charge in [-0.15, -0.1) is 10.2 Å². The van der Waals surface area contributed by atoms with E-state index >= 15 is 0 Å². The molecule has 8 heterocycles. The number of benzene rings is 3. The molecule has 426 valence electrons. The van der Waals surface area contributed by atoms with Crippen molar-refractivity contribution in [2.75, 3.05) is 62.4 Å². The van der Waals surface area contributed by atoms with Crippen LogP contribution in [0.25, 0.3) is 33.1 Å². The summed E-state index contributed by atoms with van der Waals surface area (Å²) in [5.74, 6) is 2.61. The number of nitrogens with zero attached hydrogens (tertiary/aromatic N) is 14. The summed E-state index contributed by atoms with van der Waals surface area (Å²) in [5.41, 5.74) is 9.32.